The SMILES string of the molecule is CN(C)CCS(=O)(=O)c1ccc(-c2cc3cnc(Nc4ccc(C5CCCCC5)cc4)nc3n(C3CCOC3)c2=O)nc1. The van der Waals surface area contributed by atoms with E-state index in [1.54, 1.807) is 22.9 Å². The zero-order valence-electron chi connectivity index (χ0n) is 24.7. The molecule has 11 heteroatoms. The molecule has 6 rings (SSSR count). The van der Waals surface area contributed by atoms with Crippen LogP contribution in [-0.2, 0) is 14.6 Å². The van der Waals surface area contributed by atoms with E-state index in [0.29, 0.717) is 60.3 Å². The van der Waals surface area contributed by atoms with Crippen LogP contribution in [0.1, 0.15) is 56.0 Å². The molecule has 1 saturated carbocycles. The molecule has 1 atom stereocenters. The Morgan fingerprint density at radius 2 is 1.79 bits per heavy atom. The maximum Gasteiger partial charge on any atom is 0.262 e. The van der Waals surface area contributed by atoms with Crippen molar-refractivity contribution in [2.75, 3.05) is 44.9 Å². The van der Waals surface area contributed by atoms with E-state index in [9.17, 15) is 13.2 Å². The van der Waals surface area contributed by atoms with Crippen LogP contribution in [0.25, 0.3) is 22.3 Å². The Bertz CT molecular complexity index is 1740. The molecular weight excluding hydrogens is 564 g/mol. The number of hydrogen-bond acceptors (Lipinski definition) is 9. The van der Waals surface area contributed by atoms with Gasteiger partial charge in [-0.2, -0.15) is 4.98 Å². The van der Waals surface area contributed by atoms with Gasteiger partial charge in [0.2, 0.25) is 5.95 Å². The maximum atomic E-state index is 13.9. The molecule has 3 aromatic heterocycles. The molecular formula is C32H38N6O4S. The summed E-state index contributed by atoms with van der Waals surface area (Å²) in [5.41, 5.74) is 3.29. The molecule has 1 aliphatic carbocycles. The van der Waals surface area contributed by atoms with Crippen LogP contribution in [0.15, 0.2) is 64.5 Å². The van der Waals surface area contributed by atoms with Gasteiger partial charge in [0.05, 0.1) is 34.6 Å². The van der Waals surface area contributed by atoms with Gasteiger partial charge in [-0.15, -0.1) is 0 Å². The first-order chi connectivity index (χ1) is 20.8. The van der Waals surface area contributed by atoms with E-state index >= 15 is 0 Å². The van der Waals surface area contributed by atoms with Crippen molar-refractivity contribution in [1.82, 2.24) is 24.4 Å². The third kappa shape index (κ3) is 6.48. The van der Waals surface area contributed by atoms with Crippen molar-refractivity contribution < 1.29 is 13.2 Å². The second-order valence-electron chi connectivity index (χ2n) is 11.8. The average molecular weight is 603 g/mol. The van der Waals surface area contributed by atoms with Crippen molar-refractivity contribution in [2.24, 2.45) is 0 Å². The van der Waals surface area contributed by atoms with Crippen LogP contribution in [0.4, 0.5) is 11.6 Å². The van der Waals surface area contributed by atoms with E-state index in [1.165, 1.54) is 49.9 Å². The summed E-state index contributed by atoms with van der Waals surface area (Å²) in [6.07, 6.45) is 10.1. The maximum absolute atomic E-state index is 13.9. The fourth-order valence-electron chi connectivity index (χ4n) is 5.98. The summed E-state index contributed by atoms with van der Waals surface area (Å²) in [5.74, 6) is 1.03. The van der Waals surface area contributed by atoms with Crippen LogP contribution >= 0.6 is 0 Å². The lowest BCUT2D eigenvalue weighted by Gasteiger charge is -2.22. The highest BCUT2D eigenvalue weighted by Gasteiger charge is 2.25. The first-order valence-corrected chi connectivity index (χ1v) is 16.6. The van der Waals surface area contributed by atoms with E-state index in [2.05, 4.69) is 39.6 Å². The molecule has 0 radical (unpaired) electrons. The monoisotopic (exact) mass is 602 g/mol. The Kier molecular flexibility index (Phi) is 8.56. The summed E-state index contributed by atoms with van der Waals surface area (Å²) in [6, 6.07) is 13.2. The number of rotatable bonds is 9. The number of fused-ring (bicyclic) bond motifs is 1. The second kappa shape index (κ2) is 12.5. The highest BCUT2D eigenvalue weighted by molar-refractivity contribution is 7.91. The van der Waals surface area contributed by atoms with Gasteiger partial charge in [-0.05, 0) is 75.2 Å². The van der Waals surface area contributed by atoms with Crippen LogP contribution in [-0.4, -0.2) is 72.4 Å². The molecule has 43 heavy (non-hydrogen) atoms. The Hall–Kier alpha value is -3.67. The minimum absolute atomic E-state index is 0.0101. The predicted octanol–water partition coefficient (Wildman–Crippen LogP) is 4.94. The minimum atomic E-state index is -3.49. The van der Waals surface area contributed by atoms with Gasteiger partial charge in [0.1, 0.15) is 5.65 Å². The van der Waals surface area contributed by atoms with Gasteiger partial charge in [0.25, 0.3) is 5.56 Å². The molecule has 10 nitrogen and oxygen atoms in total. The first kappa shape index (κ1) is 29.4. The minimum Gasteiger partial charge on any atom is -0.379 e. The summed E-state index contributed by atoms with van der Waals surface area (Å²) in [6.45, 7) is 1.38. The third-order valence-electron chi connectivity index (χ3n) is 8.47. The van der Waals surface area contributed by atoms with Crippen LogP contribution in [0.2, 0.25) is 0 Å². The number of pyridine rings is 2. The molecule has 4 heterocycles. The van der Waals surface area contributed by atoms with Crippen molar-refractivity contribution >= 4 is 32.5 Å². The topological polar surface area (TPSA) is 119 Å². The quantitative estimate of drug-likeness (QED) is 0.284. The predicted molar refractivity (Wildman–Crippen MR) is 168 cm³/mol. The van der Waals surface area contributed by atoms with E-state index in [0.717, 1.165) is 5.69 Å². The normalized spacial score (nSPS) is 18.0. The van der Waals surface area contributed by atoms with Crippen molar-refractivity contribution in [3.8, 4) is 11.3 Å². The fraction of sp³-hybridized carbons (Fsp3) is 0.438. The van der Waals surface area contributed by atoms with Gasteiger partial charge in [0.15, 0.2) is 9.84 Å². The highest BCUT2D eigenvalue weighted by atomic mass is 32.2. The number of ether oxygens (including phenoxy) is 1. The molecule has 2 aliphatic rings. The van der Waals surface area contributed by atoms with Crippen LogP contribution in [0.3, 0.4) is 0 Å². The van der Waals surface area contributed by atoms with Crippen molar-refractivity contribution in [3.63, 3.8) is 0 Å². The van der Waals surface area contributed by atoms with Gasteiger partial charge in [-0.3, -0.25) is 14.3 Å². The number of anilines is 2. The molecule has 1 saturated heterocycles. The van der Waals surface area contributed by atoms with Gasteiger partial charge in [-0.1, -0.05) is 31.4 Å². The molecule has 4 aromatic rings. The van der Waals surface area contributed by atoms with Gasteiger partial charge >= 0.3 is 0 Å². The number of nitrogens with one attached hydrogen (secondary N) is 1. The largest absolute Gasteiger partial charge is 0.379 e. The Labute approximate surface area is 252 Å². The first-order valence-electron chi connectivity index (χ1n) is 15.0. The fourth-order valence-corrected chi connectivity index (χ4v) is 7.31. The zero-order chi connectivity index (χ0) is 30.0. The molecule has 0 spiro atoms. The lowest BCUT2D eigenvalue weighted by molar-refractivity contribution is 0.186. The van der Waals surface area contributed by atoms with E-state index in [1.807, 2.05) is 19.0 Å². The van der Waals surface area contributed by atoms with Gasteiger partial charge < -0.3 is 15.0 Å². The third-order valence-corrected chi connectivity index (χ3v) is 10.1. The highest BCUT2D eigenvalue weighted by Crippen LogP contribution is 2.33. The molecule has 1 aliphatic heterocycles. The van der Waals surface area contributed by atoms with Crippen molar-refractivity contribution in [1.29, 1.82) is 0 Å². The molecule has 2 fully saturated rings. The summed E-state index contributed by atoms with van der Waals surface area (Å²) in [7, 11) is 0.166. The lowest BCUT2D eigenvalue weighted by atomic mass is 9.84. The van der Waals surface area contributed by atoms with E-state index in [-0.39, 0.29) is 22.2 Å². The molecule has 0 bridgehead atoms. The number of nitrogens with zero attached hydrogens (tertiary/aromatic N) is 5. The molecule has 1 aromatic carbocycles. The summed E-state index contributed by atoms with van der Waals surface area (Å²) < 4.78 is 32.8. The molecule has 0 amide bonds. The average Bonchev–Trinajstić information content (AvgIpc) is 3.55. The number of benzene rings is 1. The standard InChI is InChI=1S/C32H38N6O4S/c1-37(2)15-17-43(40,41)27-12-13-29(33-20-27)28-18-24-19-34-32(36-30(24)38(31(28)39)26-14-16-42-21-26)35-25-10-8-23(9-11-25)22-6-4-3-5-7-22/h8-13,18-20,22,26H,3-7,14-17,21H2,1-2H3,(H,34,35,36). The van der Waals surface area contributed by atoms with Crippen molar-refractivity contribution in [2.45, 2.75) is 55.4 Å². The smallest absolute Gasteiger partial charge is 0.262 e. The summed E-state index contributed by atoms with van der Waals surface area (Å²) in [5, 5.41) is 3.99. The molecule has 226 valence electrons. The lowest BCUT2D eigenvalue weighted by Crippen LogP contribution is -2.28. The summed E-state index contributed by atoms with van der Waals surface area (Å²) in [4.78, 5) is 29.6. The van der Waals surface area contributed by atoms with Crippen LogP contribution < -0.4 is 10.9 Å². The van der Waals surface area contributed by atoms with E-state index < -0.39 is 9.84 Å². The molecule has 1 unspecified atom stereocenters. The Morgan fingerprint density at radius 1 is 1.00 bits per heavy atom. The Balaban J connectivity index is 1.31. The van der Waals surface area contributed by atoms with Crippen LogP contribution in [0.5, 0.6) is 0 Å². The summed E-state index contributed by atoms with van der Waals surface area (Å²) >= 11 is 0. The van der Waals surface area contributed by atoms with Crippen molar-refractivity contribution in [3.05, 3.63) is 70.8 Å². The second-order valence-corrected chi connectivity index (χ2v) is 13.9. The number of aromatic nitrogens is 4. The molecule has 1 N–H and O–H groups in total. The van der Waals surface area contributed by atoms with Gasteiger partial charge in [-0.25, -0.2) is 13.4 Å². The number of hydrogen-bond donors (Lipinski definition) is 1. The zero-order valence-corrected chi connectivity index (χ0v) is 25.5. The number of sulfone groups is 1. The van der Waals surface area contributed by atoms with Gasteiger partial charge in [0, 0.05) is 36.6 Å². The Morgan fingerprint density at radius 3 is 2.47 bits per heavy atom. The van der Waals surface area contributed by atoms with Crippen LogP contribution in [0, 0.1) is 0 Å². The van der Waals surface area contributed by atoms with E-state index in [4.69, 9.17) is 9.72 Å².